The lowest BCUT2D eigenvalue weighted by Gasteiger charge is -2.28. The van der Waals surface area contributed by atoms with E-state index < -0.39 is 0 Å². The van der Waals surface area contributed by atoms with E-state index in [4.69, 9.17) is 4.74 Å². The number of piperidine rings is 1. The number of rotatable bonds is 6. The van der Waals surface area contributed by atoms with Gasteiger partial charge in [-0.05, 0) is 54.6 Å². The summed E-state index contributed by atoms with van der Waals surface area (Å²) in [5.41, 5.74) is 3.78. The summed E-state index contributed by atoms with van der Waals surface area (Å²) in [5, 5.41) is 2.40. The van der Waals surface area contributed by atoms with Crippen LogP contribution < -0.4 is 4.90 Å². The molecule has 0 aliphatic carbocycles. The van der Waals surface area contributed by atoms with Gasteiger partial charge in [0.05, 0.1) is 12.7 Å². The van der Waals surface area contributed by atoms with Gasteiger partial charge in [0.2, 0.25) is 0 Å². The molecule has 1 aliphatic rings. The topological polar surface area (TPSA) is 28.6 Å². The zero-order valence-electron chi connectivity index (χ0n) is 16.8. The fraction of sp³-hybridized carbons (Fsp3) is 0.375. The number of ether oxygens (including phenoxy) is 1. The van der Waals surface area contributed by atoms with Crippen LogP contribution in [-0.2, 0) is 17.9 Å². The number of fused-ring (bicyclic) bond motifs is 1. The summed E-state index contributed by atoms with van der Waals surface area (Å²) in [7, 11) is 4.32. The van der Waals surface area contributed by atoms with Crippen molar-refractivity contribution in [3.63, 3.8) is 0 Å². The second-order valence-corrected chi connectivity index (χ2v) is 7.89. The van der Waals surface area contributed by atoms with Gasteiger partial charge in [0.15, 0.2) is 0 Å². The third kappa shape index (κ3) is 4.70. The first-order valence-electron chi connectivity index (χ1n) is 10.1. The van der Waals surface area contributed by atoms with E-state index in [-0.39, 0.29) is 0 Å². The zero-order chi connectivity index (χ0) is 19.3. The monoisotopic (exact) mass is 375 g/mol. The van der Waals surface area contributed by atoms with Crippen LogP contribution in [0.4, 0.5) is 5.69 Å². The van der Waals surface area contributed by atoms with E-state index >= 15 is 0 Å². The van der Waals surface area contributed by atoms with Crippen molar-refractivity contribution in [2.24, 2.45) is 0 Å². The maximum absolute atomic E-state index is 6.11. The number of aromatic nitrogens is 1. The Morgan fingerprint density at radius 3 is 2.54 bits per heavy atom. The Kier molecular flexibility index (Phi) is 5.89. The SMILES string of the molecule is CN1CCC(OCc2ccc(CN(C)c3ccc4cnccc4c3)cc2)CC1. The van der Waals surface area contributed by atoms with E-state index in [0.29, 0.717) is 12.7 Å². The molecule has 0 saturated carbocycles. The lowest BCUT2D eigenvalue weighted by atomic mass is 10.1. The van der Waals surface area contributed by atoms with E-state index in [0.717, 1.165) is 32.5 Å². The second-order valence-electron chi connectivity index (χ2n) is 7.89. The quantitative estimate of drug-likeness (QED) is 0.635. The van der Waals surface area contributed by atoms with Crippen LogP contribution in [0.5, 0.6) is 0 Å². The van der Waals surface area contributed by atoms with Crippen molar-refractivity contribution < 1.29 is 4.74 Å². The fourth-order valence-corrected chi connectivity index (χ4v) is 3.78. The lowest BCUT2D eigenvalue weighted by Crippen LogP contribution is -2.34. The van der Waals surface area contributed by atoms with Gasteiger partial charge in [-0.15, -0.1) is 0 Å². The molecule has 0 N–H and O–H groups in total. The first-order valence-corrected chi connectivity index (χ1v) is 10.1. The maximum Gasteiger partial charge on any atom is 0.0720 e. The minimum Gasteiger partial charge on any atom is -0.373 e. The van der Waals surface area contributed by atoms with Gasteiger partial charge in [-0.1, -0.05) is 30.3 Å². The molecule has 0 unspecified atom stereocenters. The first kappa shape index (κ1) is 18.9. The van der Waals surface area contributed by atoms with Crippen molar-refractivity contribution >= 4 is 16.5 Å². The summed E-state index contributed by atoms with van der Waals surface area (Å²) in [5.74, 6) is 0. The molecule has 1 fully saturated rings. The third-order valence-electron chi connectivity index (χ3n) is 5.66. The van der Waals surface area contributed by atoms with Gasteiger partial charge >= 0.3 is 0 Å². The van der Waals surface area contributed by atoms with Crippen LogP contribution in [0.15, 0.2) is 60.9 Å². The molecule has 146 valence electrons. The predicted molar refractivity (Wildman–Crippen MR) is 116 cm³/mol. The third-order valence-corrected chi connectivity index (χ3v) is 5.66. The van der Waals surface area contributed by atoms with Crippen LogP contribution in [-0.4, -0.2) is 43.2 Å². The number of nitrogens with zero attached hydrogens (tertiary/aromatic N) is 3. The number of likely N-dealkylation sites (tertiary alicyclic amines) is 1. The summed E-state index contributed by atoms with van der Waals surface area (Å²) in [6.45, 7) is 3.87. The van der Waals surface area contributed by atoms with Crippen molar-refractivity contribution in [2.45, 2.75) is 32.1 Å². The van der Waals surface area contributed by atoms with Gasteiger partial charge in [-0.25, -0.2) is 0 Å². The number of hydrogen-bond acceptors (Lipinski definition) is 4. The Morgan fingerprint density at radius 1 is 1.00 bits per heavy atom. The second kappa shape index (κ2) is 8.72. The van der Waals surface area contributed by atoms with Crippen molar-refractivity contribution in [3.05, 3.63) is 72.1 Å². The van der Waals surface area contributed by atoms with Crippen molar-refractivity contribution in [3.8, 4) is 0 Å². The van der Waals surface area contributed by atoms with Crippen LogP contribution >= 0.6 is 0 Å². The van der Waals surface area contributed by atoms with Crippen LogP contribution in [0.2, 0.25) is 0 Å². The van der Waals surface area contributed by atoms with E-state index in [1.165, 1.54) is 27.6 Å². The van der Waals surface area contributed by atoms with Gasteiger partial charge in [0.1, 0.15) is 0 Å². The van der Waals surface area contributed by atoms with Crippen molar-refractivity contribution in [1.82, 2.24) is 9.88 Å². The van der Waals surface area contributed by atoms with E-state index in [9.17, 15) is 0 Å². The molecule has 0 spiro atoms. The van der Waals surface area contributed by atoms with Gasteiger partial charge in [-0.3, -0.25) is 4.98 Å². The molecule has 0 amide bonds. The Morgan fingerprint density at radius 2 is 1.75 bits per heavy atom. The van der Waals surface area contributed by atoms with Gasteiger partial charge in [0, 0.05) is 50.1 Å². The minimum atomic E-state index is 0.408. The summed E-state index contributed by atoms with van der Waals surface area (Å²) < 4.78 is 6.11. The molecule has 1 aliphatic heterocycles. The molecule has 4 heteroatoms. The summed E-state index contributed by atoms with van der Waals surface area (Å²) in [4.78, 5) is 8.84. The summed E-state index contributed by atoms with van der Waals surface area (Å²) in [6, 6.07) is 17.4. The van der Waals surface area contributed by atoms with Crippen LogP contribution in [0.3, 0.4) is 0 Å². The maximum atomic E-state index is 6.11. The molecule has 4 rings (SSSR count). The number of anilines is 1. The molecular weight excluding hydrogens is 346 g/mol. The van der Waals surface area contributed by atoms with Crippen LogP contribution in [0, 0.1) is 0 Å². The average Bonchev–Trinajstić information content (AvgIpc) is 2.74. The zero-order valence-corrected chi connectivity index (χ0v) is 16.8. The molecule has 4 nitrogen and oxygen atoms in total. The lowest BCUT2D eigenvalue weighted by molar-refractivity contribution is 0.00213. The molecule has 28 heavy (non-hydrogen) atoms. The highest BCUT2D eigenvalue weighted by atomic mass is 16.5. The fourth-order valence-electron chi connectivity index (χ4n) is 3.78. The number of pyridine rings is 1. The molecule has 0 bridgehead atoms. The molecule has 1 aromatic heterocycles. The van der Waals surface area contributed by atoms with Crippen molar-refractivity contribution in [2.75, 3.05) is 32.1 Å². The Bertz CT molecular complexity index is 901. The summed E-state index contributed by atoms with van der Waals surface area (Å²) >= 11 is 0. The van der Waals surface area contributed by atoms with Gasteiger partial charge in [0.25, 0.3) is 0 Å². The van der Waals surface area contributed by atoms with Gasteiger partial charge < -0.3 is 14.5 Å². The summed E-state index contributed by atoms with van der Waals surface area (Å²) in [6.07, 6.45) is 6.44. The largest absolute Gasteiger partial charge is 0.373 e. The van der Waals surface area contributed by atoms with Crippen LogP contribution in [0.25, 0.3) is 10.8 Å². The first-order chi connectivity index (χ1) is 13.7. The normalized spacial score (nSPS) is 15.8. The Balaban J connectivity index is 1.33. The molecule has 2 heterocycles. The van der Waals surface area contributed by atoms with Crippen molar-refractivity contribution in [1.29, 1.82) is 0 Å². The highest BCUT2D eigenvalue weighted by Crippen LogP contribution is 2.22. The Labute approximate surface area is 167 Å². The molecule has 3 aromatic rings. The molecule has 1 saturated heterocycles. The molecular formula is C24H29N3O. The van der Waals surface area contributed by atoms with E-state index in [2.05, 4.69) is 77.4 Å². The smallest absolute Gasteiger partial charge is 0.0720 e. The van der Waals surface area contributed by atoms with E-state index in [1.54, 1.807) is 0 Å². The average molecular weight is 376 g/mol. The number of hydrogen-bond donors (Lipinski definition) is 0. The number of benzene rings is 2. The van der Waals surface area contributed by atoms with E-state index in [1.807, 2.05) is 12.4 Å². The standard InChI is InChI=1S/C24H29N3O/c1-26-13-10-24(11-14-26)28-18-20-5-3-19(4-6-20)17-27(2)23-8-7-22-16-25-12-9-21(22)15-23/h3-9,12,15-16,24H,10-11,13-14,17-18H2,1-2H3. The van der Waals surface area contributed by atoms with Crippen LogP contribution in [0.1, 0.15) is 24.0 Å². The highest BCUT2D eigenvalue weighted by molar-refractivity contribution is 5.84. The minimum absolute atomic E-state index is 0.408. The molecule has 2 aromatic carbocycles. The predicted octanol–water partition coefficient (Wildman–Crippen LogP) is 4.48. The molecule has 0 radical (unpaired) electrons. The molecule has 0 atom stereocenters. The highest BCUT2D eigenvalue weighted by Gasteiger charge is 2.16. The Hall–Kier alpha value is -2.43. The van der Waals surface area contributed by atoms with Gasteiger partial charge in [-0.2, -0.15) is 0 Å².